The maximum absolute atomic E-state index is 13.3. The van der Waals surface area contributed by atoms with E-state index in [1.807, 2.05) is 84.4 Å². The minimum atomic E-state index is -0.0360. The quantitative estimate of drug-likeness (QED) is 0.461. The Balaban J connectivity index is 1.76. The van der Waals surface area contributed by atoms with Gasteiger partial charge in [0.2, 0.25) is 0 Å². The number of methoxy groups -OCH3 is 1. The molecular weight excluding hydrogens is 348 g/mol. The Morgan fingerprint density at radius 3 is 2.43 bits per heavy atom. The van der Waals surface area contributed by atoms with Crippen LogP contribution in [0.5, 0.6) is 5.75 Å². The summed E-state index contributed by atoms with van der Waals surface area (Å²) in [6.07, 6.45) is 3.66. The number of benzene rings is 3. The van der Waals surface area contributed by atoms with Gasteiger partial charge in [-0.05, 0) is 36.2 Å². The van der Waals surface area contributed by atoms with Gasteiger partial charge in [0.15, 0.2) is 5.78 Å². The second-order valence-corrected chi connectivity index (χ2v) is 6.55. The van der Waals surface area contributed by atoms with E-state index in [-0.39, 0.29) is 5.78 Å². The Morgan fingerprint density at radius 2 is 1.71 bits per heavy atom. The van der Waals surface area contributed by atoms with E-state index < -0.39 is 0 Å². The molecule has 0 radical (unpaired) electrons. The van der Waals surface area contributed by atoms with Crippen LogP contribution in [0, 0.1) is 6.92 Å². The van der Waals surface area contributed by atoms with E-state index in [0.29, 0.717) is 16.9 Å². The van der Waals surface area contributed by atoms with Crippen LogP contribution >= 0.6 is 0 Å². The van der Waals surface area contributed by atoms with Crippen molar-refractivity contribution in [3.8, 4) is 22.6 Å². The van der Waals surface area contributed by atoms with Crippen LogP contribution < -0.4 is 4.74 Å². The molecule has 0 atom stereocenters. The summed E-state index contributed by atoms with van der Waals surface area (Å²) in [4.78, 5) is 17.5. The standard InChI is InChI=1S/C24H20N2O2/c1-17-15-26(16-25-17)22-13-12-19(14-23(22)28-2)24(27)21-11-7-6-10-20(21)18-8-4-3-5-9-18/h3-16H,1-2H3. The van der Waals surface area contributed by atoms with Gasteiger partial charge in [-0.2, -0.15) is 0 Å². The average Bonchev–Trinajstić information content (AvgIpc) is 3.19. The van der Waals surface area contributed by atoms with E-state index in [1.165, 1.54) is 0 Å². The van der Waals surface area contributed by atoms with Crippen molar-refractivity contribution in [1.82, 2.24) is 9.55 Å². The molecule has 0 unspecified atom stereocenters. The van der Waals surface area contributed by atoms with E-state index in [0.717, 1.165) is 22.5 Å². The van der Waals surface area contributed by atoms with Crippen LogP contribution in [-0.2, 0) is 0 Å². The van der Waals surface area contributed by atoms with Gasteiger partial charge >= 0.3 is 0 Å². The van der Waals surface area contributed by atoms with Crippen LogP contribution in [0.2, 0.25) is 0 Å². The van der Waals surface area contributed by atoms with Gasteiger partial charge in [-0.25, -0.2) is 4.98 Å². The van der Waals surface area contributed by atoms with E-state index in [1.54, 1.807) is 19.5 Å². The molecule has 4 heteroatoms. The maximum atomic E-state index is 13.3. The van der Waals surface area contributed by atoms with Crippen LogP contribution in [0.3, 0.4) is 0 Å². The van der Waals surface area contributed by atoms with Crippen LogP contribution in [0.25, 0.3) is 16.8 Å². The van der Waals surface area contributed by atoms with Crippen molar-refractivity contribution in [3.05, 3.63) is 102 Å². The molecule has 0 aliphatic carbocycles. The van der Waals surface area contributed by atoms with Crippen LogP contribution in [0.4, 0.5) is 0 Å². The van der Waals surface area contributed by atoms with Gasteiger partial charge in [0.05, 0.1) is 24.8 Å². The summed E-state index contributed by atoms with van der Waals surface area (Å²) >= 11 is 0. The van der Waals surface area contributed by atoms with Crippen molar-refractivity contribution in [2.45, 2.75) is 6.92 Å². The summed E-state index contributed by atoms with van der Waals surface area (Å²) in [5, 5.41) is 0. The Labute approximate surface area is 164 Å². The average molecular weight is 368 g/mol. The number of ketones is 1. The monoisotopic (exact) mass is 368 g/mol. The van der Waals surface area contributed by atoms with E-state index in [9.17, 15) is 4.79 Å². The molecule has 0 saturated carbocycles. The molecule has 0 spiro atoms. The third-order valence-corrected chi connectivity index (χ3v) is 4.69. The zero-order valence-corrected chi connectivity index (χ0v) is 15.8. The van der Waals surface area contributed by atoms with Crippen LogP contribution in [-0.4, -0.2) is 22.4 Å². The minimum Gasteiger partial charge on any atom is -0.495 e. The first-order valence-electron chi connectivity index (χ1n) is 9.05. The number of carbonyl (C=O) groups is 1. The van der Waals surface area contributed by atoms with E-state index in [2.05, 4.69) is 4.98 Å². The lowest BCUT2D eigenvalue weighted by Gasteiger charge is -2.13. The largest absolute Gasteiger partial charge is 0.495 e. The number of ether oxygens (including phenoxy) is 1. The molecule has 0 bridgehead atoms. The second kappa shape index (κ2) is 7.53. The van der Waals surface area contributed by atoms with E-state index in [4.69, 9.17) is 4.74 Å². The first kappa shape index (κ1) is 17.7. The molecule has 4 nitrogen and oxygen atoms in total. The first-order chi connectivity index (χ1) is 13.7. The van der Waals surface area contributed by atoms with Crippen molar-refractivity contribution in [2.75, 3.05) is 7.11 Å². The van der Waals surface area contributed by atoms with E-state index >= 15 is 0 Å². The highest BCUT2D eigenvalue weighted by molar-refractivity contribution is 6.13. The normalized spacial score (nSPS) is 10.6. The number of hydrogen-bond acceptors (Lipinski definition) is 3. The first-order valence-corrected chi connectivity index (χ1v) is 9.05. The van der Waals surface area contributed by atoms with Crippen LogP contribution in [0.1, 0.15) is 21.6 Å². The predicted molar refractivity (Wildman–Crippen MR) is 110 cm³/mol. The summed E-state index contributed by atoms with van der Waals surface area (Å²) in [5.74, 6) is 0.589. The number of carbonyl (C=O) groups excluding carboxylic acids is 1. The lowest BCUT2D eigenvalue weighted by atomic mass is 9.94. The molecular formula is C24H20N2O2. The third kappa shape index (κ3) is 3.32. The molecule has 1 aromatic heterocycles. The Bertz CT molecular complexity index is 1130. The Morgan fingerprint density at radius 1 is 0.964 bits per heavy atom. The topological polar surface area (TPSA) is 44.1 Å². The zero-order valence-electron chi connectivity index (χ0n) is 15.8. The van der Waals surface area contributed by atoms with Gasteiger partial charge in [0.25, 0.3) is 0 Å². The number of aryl methyl sites for hydroxylation is 1. The summed E-state index contributed by atoms with van der Waals surface area (Å²) in [6, 6.07) is 23.1. The fraction of sp³-hybridized carbons (Fsp3) is 0.0833. The van der Waals surface area contributed by atoms with Gasteiger partial charge in [0.1, 0.15) is 5.75 Å². The van der Waals surface area contributed by atoms with Crippen molar-refractivity contribution in [3.63, 3.8) is 0 Å². The lowest BCUT2D eigenvalue weighted by Crippen LogP contribution is -2.05. The molecule has 0 fully saturated rings. The third-order valence-electron chi connectivity index (χ3n) is 4.69. The van der Waals surface area contributed by atoms with Gasteiger partial charge in [-0.3, -0.25) is 4.79 Å². The lowest BCUT2D eigenvalue weighted by molar-refractivity contribution is 0.103. The molecule has 3 aromatic carbocycles. The predicted octanol–water partition coefficient (Wildman–Crippen LogP) is 5.09. The van der Waals surface area contributed by atoms with Gasteiger partial charge in [0, 0.05) is 17.3 Å². The van der Waals surface area contributed by atoms with Crippen molar-refractivity contribution >= 4 is 5.78 Å². The molecule has 0 N–H and O–H groups in total. The van der Waals surface area contributed by atoms with Gasteiger partial charge < -0.3 is 9.30 Å². The summed E-state index contributed by atoms with van der Waals surface area (Å²) in [5.41, 5.74) is 4.95. The number of nitrogens with zero attached hydrogens (tertiary/aromatic N) is 2. The molecule has 138 valence electrons. The molecule has 4 aromatic rings. The highest BCUT2D eigenvalue weighted by Gasteiger charge is 2.17. The van der Waals surface area contributed by atoms with Crippen LogP contribution in [0.15, 0.2) is 85.3 Å². The van der Waals surface area contributed by atoms with Crippen molar-refractivity contribution < 1.29 is 9.53 Å². The summed E-state index contributed by atoms with van der Waals surface area (Å²) < 4.78 is 7.44. The van der Waals surface area contributed by atoms with Crippen molar-refractivity contribution in [2.24, 2.45) is 0 Å². The number of imidazole rings is 1. The molecule has 0 amide bonds. The Hall–Kier alpha value is -3.66. The summed E-state index contributed by atoms with van der Waals surface area (Å²) in [6.45, 7) is 1.93. The zero-order chi connectivity index (χ0) is 19.5. The highest BCUT2D eigenvalue weighted by Crippen LogP contribution is 2.29. The molecule has 0 aliphatic heterocycles. The second-order valence-electron chi connectivity index (χ2n) is 6.55. The number of aromatic nitrogens is 2. The molecule has 1 heterocycles. The number of hydrogen-bond donors (Lipinski definition) is 0. The minimum absolute atomic E-state index is 0.0360. The summed E-state index contributed by atoms with van der Waals surface area (Å²) in [7, 11) is 1.61. The smallest absolute Gasteiger partial charge is 0.193 e. The molecule has 28 heavy (non-hydrogen) atoms. The van der Waals surface area contributed by atoms with Crippen molar-refractivity contribution in [1.29, 1.82) is 0 Å². The fourth-order valence-electron chi connectivity index (χ4n) is 3.29. The maximum Gasteiger partial charge on any atom is 0.193 e. The fourth-order valence-corrected chi connectivity index (χ4v) is 3.29. The molecule has 4 rings (SSSR count). The SMILES string of the molecule is COc1cc(C(=O)c2ccccc2-c2ccccc2)ccc1-n1cnc(C)c1. The highest BCUT2D eigenvalue weighted by atomic mass is 16.5. The van der Waals surface area contributed by atoms with Gasteiger partial charge in [-0.15, -0.1) is 0 Å². The Kier molecular flexibility index (Phi) is 4.77. The van der Waals surface area contributed by atoms with Gasteiger partial charge in [-0.1, -0.05) is 54.6 Å². The number of rotatable bonds is 5. The molecule has 0 aliphatic rings. The molecule has 0 saturated heterocycles.